The molecule has 2 N–H and O–H groups in total. The number of hydrogen-bond donors (Lipinski definition) is 1. The monoisotopic (exact) mass is 314 g/mol. The van der Waals surface area contributed by atoms with Gasteiger partial charge in [0.05, 0.1) is 0 Å². The summed E-state index contributed by atoms with van der Waals surface area (Å²) in [6.07, 6.45) is 7.12. The average Bonchev–Trinajstić information content (AvgIpc) is 2.87. The highest BCUT2D eigenvalue weighted by molar-refractivity contribution is 5.85. The minimum Gasteiger partial charge on any atom is -0.342 e. The van der Waals surface area contributed by atoms with Crippen LogP contribution in [0.25, 0.3) is 0 Å². The van der Waals surface area contributed by atoms with Gasteiger partial charge in [0.15, 0.2) is 0 Å². The Balaban J connectivity index is 0.00000161. The lowest BCUT2D eigenvalue weighted by atomic mass is 9.65. The third-order valence-electron chi connectivity index (χ3n) is 6.24. The molecule has 3 aliphatic rings. The summed E-state index contributed by atoms with van der Waals surface area (Å²) in [5, 5.41) is 0. The standard InChI is InChI=1S/C17H30N2O.ClH/c1-11(2)14-6-7-19(10-14)17(20)15-8-12-4-3-5-13(9-15)16(12)18;/h11-16H,3-10,18H2,1-2H3;1H. The van der Waals surface area contributed by atoms with Crippen LogP contribution >= 0.6 is 12.4 Å². The van der Waals surface area contributed by atoms with Crippen LogP contribution in [0.2, 0.25) is 0 Å². The molecule has 0 aromatic carbocycles. The third kappa shape index (κ3) is 3.39. The Bertz CT molecular complexity index is 360. The van der Waals surface area contributed by atoms with Crippen molar-refractivity contribution >= 4 is 18.3 Å². The number of amides is 1. The summed E-state index contributed by atoms with van der Waals surface area (Å²) in [6, 6.07) is 0.370. The van der Waals surface area contributed by atoms with Gasteiger partial charge in [0.1, 0.15) is 0 Å². The predicted molar refractivity (Wildman–Crippen MR) is 88.3 cm³/mol. The molecule has 1 heterocycles. The van der Waals surface area contributed by atoms with Crippen molar-refractivity contribution in [2.45, 2.75) is 58.4 Å². The van der Waals surface area contributed by atoms with E-state index in [4.69, 9.17) is 5.73 Å². The Kier molecular flexibility index (Phi) is 5.59. The number of nitrogens with two attached hydrogens (primary N) is 1. The molecular weight excluding hydrogens is 284 g/mol. The summed E-state index contributed by atoms with van der Waals surface area (Å²) < 4.78 is 0. The van der Waals surface area contributed by atoms with E-state index in [2.05, 4.69) is 18.7 Å². The minimum absolute atomic E-state index is 0. The van der Waals surface area contributed by atoms with Crippen molar-refractivity contribution in [2.75, 3.05) is 13.1 Å². The molecule has 3 rings (SSSR count). The topological polar surface area (TPSA) is 46.3 Å². The number of fused-ring (bicyclic) bond motifs is 2. The Labute approximate surface area is 135 Å². The van der Waals surface area contributed by atoms with Crippen molar-refractivity contribution in [1.29, 1.82) is 0 Å². The van der Waals surface area contributed by atoms with E-state index < -0.39 is 0 Å². The molecule has 3 unspecified atom stereocenters. The zero-order valence-electron chi connectivity index (χ0n) is 13.5. The molecule has 1 aliphatic heterocycles. The first-order chi connectivity index (χ1) is 9.56. The zero-order valence-corrected chi connectivity index (χ0v) is 14.3. The summed E-state index contributed by atoms with van der Waals surface area (Å²) in [6.45, 7) is 6.54. The molecule has 1 saturated heterocycles. The molecule has 0 spiro atoms. The van der Waals surface area contributed by atoms with E-state index in [0.29, 0.717) is 35.6 Å². The van der Waals surface area contributed by atoms with Gasteiger partial charge in [0, 0.05) is 25.0 Å². The summed E-state index contributed by atoms with van der Waals surface area (Å²) in [7, 11) is 0. The normalized spacial score (nSPS) is 39.2. The number of hydrogen-bond acceptors (Lipinski definition) is 2. The highest BCUT2D eigenvalue weighted by atomic mass is 35.5. The van der Waals surface area contributed by atoms with Gasteiger partial charge in [0.25, 0.3) is 0 Å². The fourth-order valence-electron chi connectivity index (χ4n) is 4.78. The van der Waals surface area contributed by atoms with Crippen LogP contribution in [0.1, 0.15) is 52.4 Å². The van der Waals surface area contributed by atoms with E-state index in [9.17, 15) is 4.79 Å². The molecule has 0 aromatic heterocycles. The second-order valence-corrected chi connectivity index (χ2v) is 7.77. The van der Waals surface area contributed by atoms with Crippen LogP contribution in [0.15, 0.2) is 0 Å². The zero-order chi connectivity index (χ0) is 14.3. The van der Waals surface area contributed by atoms with Crippen molar-refractivity contribution in [3.8, 4) is 0 Å². The predicted octanol–water partition coefficient (Wildman–Crippen LogP) is 3.07. The molecule has 2 aliphatic carbocycles. The smallest absolute Gasteiger partial charge is 0.225 e. The minimum atomic E-state index is 0. The second kappa shape index (κ2) is 6.87. The van der Waals surface area contributed by atoms with E-state index in [0.717, 1.165) is 25.9 Å². The van der Waals surface area contributed by atoms with Gasteiger partial charge in [-0.15, -0.1) is 12.4 Å². The van der Waals surface area contributed by atoms with E-state index in [1.165, 1.54) is 25.7 Å². The Morgan fingerprint density at radius 2 is 1.76 bits per heavy atom. The lowest BCUT2D eigenvalue weighted by molar-refractivity contribution is -0.137. The van der Waals surface area contributed by atoms with Crippen LogP contribution in [-0.4, -0.2) is 29.9 Å². The Morgan fingerprint density at radius 3 is 2.29 bits per heavy atom. The lowest BCUT2D eigenvalue weighted by Gasteiger charge is -2.44. The molecule has 4 heteroatoms. The van der Waals surface area contributed by atoms with Gasteiger partial charge < -0.3 is 10.6 Å². The largest absolute Gasteiger partial charge is 0.342 e. The van der Waals surface area contributed by atoms with Crippen molar-refractivity contribution in [2.24, 2.45) is 35.3 Å². The number of halogens is 1. The van der Waals surface area contributed by atoms with Crippen molar-refractivity contribution in [3.63, 3.8) is 0 Å². The number of rotatable bonds is 2. The first-order valence-corrected chi connectivity index (χ1v) is 8.60. The fraction of sp³-hybridized carbons (Fsp3) is 0.941. The van der Waals surface area contributed by atoms with Gasteiger partial charge in [-0.2, -0.15) is 0 Å². The molecule has 122 valence electrons. The van der Waals surface area contributed by atoms with Crippen LogP contribution in [0, 0.1) is 29.6 Å². The van der Waals surface area contributed by atoms with E-state index >= 15 is 0 Å². The molecule has 3 fully saturated rings. The molecular formula is C17H31ClN2O. The molecule has 0 radical (unpaired) electrons. The van der Waals surface area contributed by atoms with Crippen molar-refractivity contribution in [3.05, 3.63) is 0 Å². The summed E-state index contributed by atoms with van der Waals surface area (Å²) in [4.78, 5) is 14.9. The number of nitrogens with zero attached hydrogens (tertiary/aromatic N) is 1. The van der Waals surface area contributed by atoms with Crippen molar-refractivity contribution < 1.29 is 4.79 Å². The maximum atomic E-state index is 12.8. The SMILES string of the molecule is CC(C)C1CCN(C(=O)C2CC3CCCC(C2)C3N)C1.Cl. The molecule has 3 atom stereocenters. The number of carbonyl (C=O) groups excluding carboxylic acids is 1. The summed E-state index contributed by atoms with van der Waals surface area (Å²) in [5.74, 6) is 3.35. The van der Waals surface area contributed by atoms with Crippen LogP contribution in [0.5, 0.6) is 0 Å². The van der Waals surface area contributed by atoms with Gasteiger partial charge in [0.2, 0.25) is 5.91 Å². The molecule has 2 bridgehead atoms. The highest BCUT2D eigenvalue weighted by Gasteiger charge is 2.42. The van der Waals surface area contributed by atoms with Crippen LogP contribution < -0.4 is 5.73 Å². The molecule has 0 aromatic rings. The molecule has 21 heavy (non-hydrogen) atoms. The summed E-state index contributed by atoms with van der Waals surface area (Å²) in [5.41, 5.74) is 6.34. The highest BCUT2D eigenvalue weighted by Crippen LogP contribution is 2.42. The maximum absolute atomic E-state index is 12.8. The summed E-state index contributed by atoms with van der Waals surface area (Å²) >= 11 is 0. The second-order valence-electron chi connectivity index (χ2n) is 7.77. The van der Waals surface area contributed by atoms with E-state index in [1.54, 1.807) is 0 Å². The van der Waals surface area contributed by atoms with Gasteiger partial charge in [-0.3, -0.25) is 4.79 Å². The molecule has 3 nitrogen and oxygen atoms in total. The van der Waals surface area contributed by atoms with Crippen LogP contribution in [-0.2, 0) is 4.79 Å². The van der Waals surface area contributed by atoms with Crippen molar-refractivity contribution in [1.82, 2.24) is 4.90 Å². The fourth-order valence-corrected chi connectivity index (χ4v) is 4.78. The maximum Gasteiger partial charge on any atom is 0.225 e. The van der Waals surface area contributed by atoms with Gasteiger partial charge in [-0.1, -0.05) is 20.3 Å². The first-order valence-electron chi connectivity index (χ1n) is 8.60. The number of carbonyl (C=O) groups is 1. The van der Waals surface area contributed by atoms with E-state index in [1.807, 2.05) is 0 Å². The van der Waals surface area contributed by atoms with E-state index in [-0.39, 0.29) is 18.3 Å². The quantitative estimate of drug-likeness (QED) is 0.851. The first kappa shape index (κ1) is 17.1. The lowest BCUT2D eigenvalue weighted by Crippen LogP contribution is -2.49. The van der Waals surface area contributed by atoms with Gasteiger partial charge in [-0.25, -0.2) is 0 Å². The van der Waals surface area contributed by atoms with Crippen LogP contribution in [0.4, 0.5) is 0 Å². The van der Waals surface area contributed by atoms with Crippen LogP contribution in [0.3, 0.4) is 0 Å². The molecule has 2 saturated carbocycles. The Hall–Kier alpha value is -0.280. The molecule has 1 amide bonds. The number of likely N-dealkylation sites (tertiary alicyclic amines) is 1. The average molecular weight is 315 g/mol. The Morgan fingerprint density at radius 1 is 1.14 bits per heavy atom. The van der Waals surface area contributed by atoms with Gasteiger partial charge in [-0.05, 0) is 55.8 Å². The third-order valence-corrected chi connectivity index (χ3v) is 6.24. The van der Waals surface area contributed by atoms with Gasteiger partial charge >= 0.3 is 0 Å².